The molecule has 24 heavy (non-hydrogen) atoms. The molecule has 0 nitrogen and oxygen atoms in total. The molecule has 0 aromatic heterocycles. The predicted octanol–water partition coefficient (Wildman–Crippen LogP) is 8.09. The molecule has 0 spiro atoms. The summed E-state index contributed by atoms with van der Waals surface area (Å²) in [6.07, 6.45) is 7.18. The zero-order valence-corrected chi connectivity index (χ0v) is 19.8. The summed E-state index contributed by atoms with van der Waals surface area (Å²) in [6, 6.07) is 0. The van der Waals surface area contributed by atoms with Crippen LogP contribution in [0.15, 0.2) is 46.8 Å². The van der Waals surface area contributed by atoms with Crippen LogP contribution in [0.4, 0.5) is 0 Å². The molecule has 0 heterocycles. The lowest BCUT2D eigenvalue weighted by Gasteiger charge is -2.21. The molecule has 0 amide bonds. The fourth-order valence-electron chi connectivity index (χ4n) is 2.86. The van der Waals surface area contributed by atoms with Crippen LogP contribution >= 0.6 is 0 Å². The van der Waals surface area contributed by atoms with Gasteiger partial charge in [0.1, 0.15) is 0 Å². The zero-order chi connectivity index (χ0) is 19.0. The molecule has 0 N–H and O–H groups in total. The highest BCUT2D eigenvalue weighted by molar-refractivity contribution is 6.82. The Hall–Kier alpha value is -0.606. The van der Waals surface area contributed by atoms with Crippen molar-refractivity contribution in [3.05, 3.63) is 46.8 Å². The molecular weight excluding hydrogens is 320 g/mol. The van der Waals surface area contributed by atoms with E-state index in [-0.39, 0.29) is 0 Å². The van der Waals surface area contributed by atoms with Gasteiger partial charge in [0.15, 0.2) is 0 Å². The van der Waals surface area contributed by atoms with Crippen molar-refractivity contribution in [2.45, 2.75) is 91.7 Å². The molecule has 0 bridgehead atoms. The van der Waals surface area contributed by atoms with Gasteiger partial charge >= 0.3 is 0 Å². The third-order valence-electron chi connectivity index (χ3n) is 3.73. The van der Waals surface area contributed by atoms with Gasteiger partial charge in [-0.15, -0.1) is 13.2 Å². The third kappa shape index (κ3) is 13.8. The summed E-state index contributed by atoms with van der Waals surface area (Å²) >= 11 is 0. The van der Waals surface area contributed by atoms with E-state index in [2.05, 4.69) is 77.7 Å². The maximum Gasteiger partial charge on any atom is 0.0690 e. The second kappa shape index (κ2) is 10.4. The van der Waals surface area contributed by atoms with Gasteiger partial charge < -0.3 is 0 Å². The SMILES string of the molecule is C=C(C)CCCC(=C[Si](C)(C)C)C(=C[Si](C)(C)C)CCCC(=C)C. The van der Waals surface area contributed by atoms with E-state index in [0.717, 1.165) is 12.8 Å². The minimum atomic E-state index is -1.22. The molecule has 0 aliphatic heterocycles. The van der Waals surface area contributed by atoms with Gasteiger partial charge in [-0.25, -0.2) is 0 Å². The van der Waals surface area contributed by atoms with Crippen LogP contribution in [0.1, 0.15) is 52.4 Å². The van der Waals surface area contributed by atoms with Crippen molar-refractivity contribution in [1.82, 2.24) is 0 Å². The van der Waals surface area contributed by atoms with Crippen molar-refractivity contribution >= 4 is 16.1 Å². The molecule has 138 valence electrons. The van der Waals surface area contributed by atoms with Crippen LogP contribution in [-0.4, -0.2) is 16.1 Å². The van der Waals surface area contributed by atoms with Crippen molar-refractivity contribution in [3.63, 3.8) is 0 Å². The predicted molar refractivity (Wildman–Crippen MR) is 120 cm³/mol. The molecule has 0 radical (unpaired) electrons. The smallest absolute Gasteiger partial charge is 0.0690 e. The van der Waals surface area contributed by atoms with Crippen LogP contribution in [0.3, 0.4) is 0 Å². The van der Waals surface area contributed by atoms with E-state index in [0.29, 0.717) is 0 Å². The van der Waals surface area contributed by atoms with Crippen LogP contribution < -0.4 is 0 Å². The van der Waals surface area contributed by atoms with E-state index in [1.165, 1.54) is 36.8 Å². The average Bonchev–Trinajstić information content (AvgIpc) is 2.32. The van der Waals surface area contributed by atoms with Gasteiger partial charge in [0.2, 0.25) is 0 Å². The van der Waals surface area contributed by atoms with Gasteiger partial charge in [-0.3, -0.25) is 0 Å². The maximum atomic E-state index is 4.07. The van der Waals surface area contributed by atoms with Crippen molar-refractivity contribution in [2.75, 3.05) is 0 Å². The molecule has 0 unspecified atom stereocenters. The molecule has 0 saturated heterocycles. The molecule has 0 aliphatic carbocycles. The first-order chi connectivity index (χ1) is 10.8. The van der Waals surface area contributed by atoms with E-state index in [1.807, 2.05) is 0 Å². The Morgan fingerprint density at radius 2 is 0.917 bits per heavy atom. The number of hydrogen-bond acceptors (Lipinski definition) is 0. The van der Waals surface area contributed by atoms with Gasteiger partial charge in [0.05, 0.1) is 16.1 Å². The number of rotatable bonds is 11. The zero-order valence-electron chi connectivity index (χ0n) is 17.8. The van der Waals surface area contributed by atoms with Gasteiger partial charge in [-0.2, -0.15) is 0 Å². The Morgan fingerprint density at radius 3 is 1.12 bits per heavy atom. The fourth-order valence-corrected chi connectivity index (χ4v) is 5.61. The highest BCUT2D eigenvalue weighted by atomic mass is 28.3. The normalized spacial score (nSPS) is 14.0. The standard InChI is InChI=1S/C22H42Si2/c1-19(2)13-11-15-21(17-23(5,6)7)22(18-24(8,9)10)16-12-14-20(3)4/h17-18H,1,3,11-16H2,2,4-10H3. The second-order valence-electron chi connectivity index (χ2n) is 9.69. The summed E-state index contributed by atoms with van der Waals surface area (Å²) in [5.41, 5.74) is 11.2. The molecule has 2 heteroatoms. The molecule has 0 atom stereocenters. The lowest BCUT2D eigenvalue weighted by Crippen LogP contribution is -2.20. The first-order valence-electron chi connectivity index (χ1n) is 9.53. The van der Waals surface area contributed by atoms with Crippen LogP contribution in [0.5, 0.6) is 0 Å². The molecule has 0 aromatic carbocycles. The molecule has 0 rings (SSSR count). The Balaban J connectivity index is 5.45. The monoisotopic (exact) mass is 362 g/mol. The van der Waals surface area contributed by atoms with E-state index in [9.17, 15) is 0 Å². The van der Waals surface area contributed by atoms with Crippen molar-refractivity contribution in [3.8, 4) is 0 Å². The van der Waals surface area contributed by atoms with Crippen molar-refractivity contribution in [2.24, 2.45) is 0 Å². The maximum absolute atomic E-state index is 4.07. The van der Waals surface area contributed by atoms with E-state index < -0.39 is 16.1 Å². The summed E-state index contributed by atoms with van der Waals surface area (Å²) in [4.78, 5) is 0. The Kier molecular flexibility index (Phi) is 10.1. The molecule has 0 saturated carbocycles. The van der Waals surface area contributed by atoms with Crippen LogP contribution in [0.2, 0.25) is 39.3 Å². The lowest BCUT2D eigenvalue weighted by atomic mass is 9.97. The van der Waals surface area contributed by atoms with Gasteiger partial charge in [-0.1, -0.05) is 73.0 Å². The van der Waals surface area contributed by atoms with E-state index in [1.54, 1.807) is 11.1 Å². The molecular formula is C22H42Si2. The van der Waals surface area contributed by atoms with Crippen LogP contribution in [0, 0.1) is 0 Å². The first-order valence-corrected chi connectivity index (χ1v) is 16.7. The van der Waals surface area contributed by atoms with E-state index >= 15 is 0 Å². The molecule has 0 fully saturated rings. The first kappa shape index (κ1) is 23.4. The topological polar surface area (TPSA) is 0 Å². The number of allylic oxidation sites excluding steroid dienone is 4. The van der Waals surface area contributed by atoms with Gasteiger partial charge in [0.25, 0.3) is 0 Å². The summed E-state index contributed by atoms with van der Waals surface area (Å²) in [7, 11) is -2.45. The highest BCUT2D eigenvalue weighted by Crippen LogP contribution is 2.28. The minimum Gasteiger partial charge on any atom is -0.100 e. The van der Waals surface area contributed by atoms with E-state index in [4.69, 9.17) is 0 Å². The molecule has 0 aromatic rings. The Morgan fingerprint density at radius 1 is 0.625 bits per heavy atom. The Bertz CT molecular complexity index is 433. The summed E-state index contributed by atoms with van der Waals surface area (Å²) in [5, 5.41) is 0. The van der Waals surface area contributed by atoms with Crippen molar-refractivity contribution in [1.29, 1.82) is 0 Å². The van der Waals surface area contributed by atoms with Crippen molar-refractivity contribution < 1.29 is 0 Å². The second-order valence-corrected chi connectivity index (χ2v) is 19.7. The molecule has 0 aliphatic rings. The summed E-state index contributed by atoms with van der Waals surface area (Å²) in [5.74, 6) is 0. The minimum absolute atomic E-state index is 1.15. The summed E-state index contributed by atoms with van der Waals surface area (Å²) in [6.45, 7) is 27.1. The third-order valence-corrected chi connectivity index (χ3v) is 6.16. The van der Waals surface area contributed by atoms with Crippen LogP contribution in [-0.2, 0) is 0 Å². The Labute approximate surface area is 154 Å². The summed E-state index contributed by atoms with van der Waals surface area (Å²) < 4.78 is 0. The lowest BCUT2D eigenvalue weighted by molar-refractivity contribution is 0.770. The fraction of sp³-hybridized carbons (Fsp3) is 0.636. The van der Waals surface area contributed by atoms with Gasteiger partial charge in [-0.05, 0) is 52.4 Å². The quantitative estimate of drug-likeness (QED) is 0.198. The van der Waals surface area contributed by atoms with Crippen LogP contribution in [0.25, 0.3) is 0 Å². The van der Waals surface area contributed by atoms with Gasteiger partial charge in [0, 0.05) is 0 Å². The highest BCUT2D eigenvalue weighted by Gasteiger charge is 2.17. The largest absolute Gasteiger partial charge is 0.100 e. The number of hydrogen-bond donors (Lipinski definition) is 0. The average molecular weight is 363 g/mol.